The predicted molar refractivity (Wildman–Crippen MR) is 67.0 cm³/mol. The zero-order chi connectivity index (χ0) is 10.6. The van der Waals surface area contributed by atoms with E-state index >= 15 is 0 Å². The Hall–Kier alpha value is 0.310. The van der Waals surface area contributed by atoms with E-state index in [1.165, 1.54) is 30.9 Å². The number of hydrogen-bond donors (Lipinski definition) is 1. The molecule has 1 saturated heterocycles. The highest BCUT2D eigenvalue weighted by molar-refractivity contribution is 7.99. The summed E-state index contributed by atoms with van der Waals surface area (Å²) in [5.74, 6) is 3.62. The van der Waals surface area contributed by atoms with Crippen LogP contribution in [0, 0.1) is 11.3 Å². The van der Waals surface area contributed by atoms with Gasteiger partial charge in [-0.3, -0.25) is 0 Å². The van der Waals surface area contributed by atoms with Crippen LogP contribution in [0.1, 0.15) is 40.5 Å². The molecule has 0 amide bonds. The summed E-state index contributed by atoms with van der Waals surface area (Å²) in [6, 6.07) is 0.706. The van der Waals surface area contributed by atoms with Crippen LogP contribution in [0.4, 0.5) is 0 Å². The molecule has 14 heavy (non-hydrogen) atoms. The van der Waals surface area contributed by atoms with Gasteiger partial charge in [0.15, 0.2) is 0 Å². The van der Waals surface area contributed by atoms with E-state index in [2.05, 4.69) is 44.8 Å². The molecule has 1 nitrogen and oxygen atoms in total. The molecular weight excluding hydrogens is 190 g/mol. The minimum atomic E-state index is 0.407. The molecule has 0 aromatic rings. The van der Waals surface area contributed by atoms with Crippen molar-refractivity contribution in [1.82, 2.24) is 5.32 Å². The summed E-state index contributed by atoms with van der Waals surface area (Å²) in [4.78, 5) is 0. The van der Waals surface area contributed by atoms with Crippen LogP contribution in [0.3, 0.4) is 0 Å². The summed E-state index contributed by atoms with van der Waals surface area (Å²) >= 11 is 2.12. The lowest BCUT2D eigenvalue weighted by Gasteiger charge is -2.36. The van der Waals surface area contributed by atoms with Gasteiger partial charge < -0.3 is 5.32 Å². The van der Waals surface area contributed by atoms with Gasteiger partial charge in [0.05, 0.1) is 0 Å². The summed E-state index contributed by atoms with van der Waals surface area (Å²) in [5, 5.41) is 3.74. The topological polar surface area (TPSA) is 12.0 Å². The van der Waals surface area contributed by atoms with Crippen molar-refractivity contribution >= 4 is 11.8 Å². The average molecular weight is 215 g/mol. The van der Waals surface area contributed by atoms with Crippen molar-refractivity contribution in [3.05, 3.63) is 0 Å². The molecule has 1 heterocycles. The summed E-state index contributed by atoms with van der Waals surface area (Å²) in [7, 11) is 0. The standard InChI is InChI=1S/C12H25NS/c1-5-7-13-11(12(2,3)4)10-6-8-14-9-10/h10-11,13H,5-9H2,1-4H3. The van der Waals surface area contributed by atoms with Gasteiger partial charge in [-0.25, -0.2) is 0 Å². The van der Waals surface area contributed by atoms with Gasteiger partial charge in [0.2, 0.25) is 0 Å². The zero-order valence-electron chi connectivity index (χ0n) is 10.1. The van der Waals surface area contributed by atoms with Crippen molar-refractivity contribution in [2.75, 3.05) is 18.1 Å². The van der Waals surface area contributed by atoms with Crippen LogP contribution in [0.15, 0.2) is 0 Å². The first-order valence-corrected chi connectivity index (χ1v) is 7.02. The van der Waals surface area contributed by atoms with E-state index in [0.29, 0.717) is 11.5 Å². The fourth-order valence-corrected chi connectivity index (χ4v) is 3.59. The Morgan fingerprint density at radius 1 is 1.43 bits per heavy atom. The Kier molecular flexibility index (Phi) is 4.78. The molecule has 0 aromatic heterocycles. The highest BCUT2D eigenvalue weighted by Crippen LogP contribution is 2.34. The molecule has 1 aliphatic rings. The average Bonchev–Trinajstić information content (AvgIpc) is 2.55. The lowest BCUT2D eigenvalue weighted by atomic mass is 9.78. The van der Waals surface area contributed by atoms with Crippen molar-refractivity contribution in [2.24, 2.45) is 11.3 Å². The second kappa shape index (κ2) is 5.41. The molecule has 0 aliphatic carbocycles. The molecule has 2 atom stereocenters. The minimum absolute atomic E-state index is 0.407. The van der Waals surface area contributed by atoms with Crippen LogP contribution < -0.4 is 5.32 Å². The van der Waals surface area contributed by atoms with Crippen molar-refractivity contribution < 1.29 is 0 Å². The third kappa shape index (κ3) is 3.47. The van der Waals surface area contributed by atoms with Gasteiger partial charge in [-0.15, -0.1) is 0 Å². The van der Waals surface area contributed by atoms with E-state index in [0.717, 1.165) is 5.92 Å². The monoisotopic (exact) mass is 215 g/mol. The van der Waals surface area contributed by atoms with Gasteiger partial charge in [-0.1, -0.05) is 27.7 Å². The van der Waals surface area contributed by atoms with Crippen molar-refractivity contribution in [3.8, 4) is 0 Å². The normalized spacial score (nSPS) is 25.3. The van der Waals surface area contributed by atoms with Crippen LogP contribution in [0.25, 0.3) is 0 Å². The maximum atomic E-state index is 3.74. The van der Waals surface area contributed by atoms with Gasteiger partial charge in [-0.2, -0.15) is 11.8 Å². The van der Waals surface area contributed by atoms with E-state index in [4.69, 9.17) is 0 Å². The first-order chi connectivity index (χ1) is 6.55. The molecule has 1 rings (SSSR count). The maximum absolute atomic E-state index is 3.74. The number of rotatable bonds is 4. The molecule has 84 valence electrons. The second-order valence-electron chi connectivity index (χ2n) is 5.42. The highest BCUT2D eigenvalue weighted by Gasteiger charge is 2.33. The fraction of sp³-hybridized carbons (Fsp3) is 1.00. The fourth-order valence-electron chi connectivity index (χ4n) is 2.30. The van der Waals surface area contributed by atoms with Crippen LogP contribution >= 0.6 is 11.8 Å². The Labute approximate surface area is 93.4 Å². The van der Waals surface area contributed by atoms with Crippen LogP contribution in [-0.2, 0) is 0 Å². The number of hydrogen-bond acceptors (Lipinski definition) is 2. The zero-order valence-corrected chi connectivity index (χ0v) is 10.9. The Balaban J connectivity index is 2.51. The lowest BCUT2D eigenvalue weighted by Crippen LogP contribution is -2.46. The van der Waals surface area contributed by atoms with E-state index in [1.807, 2.05) is 0 Å². The maximum Gasteiger partial charge on any atom is 0.0152 e. The van der Waals surface area contributed by atoms with Crippen molar-refractivity contribution in [1.29, 1.82) is 0 Å². The number of nitrogens with one attached hydrogen (secondary N) is 1. The Bertz CT molecular complexity index is 156. The molecule has 1 N–H and O–H groups in total. The van der Waals surface area contributed by atoms with Crippen LogP contribution in [0.5, 0.6) is 0 Å². The molecule has 2 unspecified atom stereocenters. The molecule has 0 radical (unpaired) electrons. The Morgan fingerprint density at radius 2 is 2.14 bits per heavy atom. The van der Waals surface area contributed by atoms with Crippen LogP contribution in [0.2, 0.25) is 0 Å². The quantitative estimate of drug-likeness (QED) is 0.773. The van der Waals surface area contributed by atoms with Gasteiger partial charge >= 0.3 is 0 Å². The molecule has 2 heteroatoms. The Morgan fingerprint density at radius 3 is 2.57 bits per heavy atom. The van der Waals surface area contributed by atoms with Gasteiger partial charge in [0.25, 0.3) is 0 Å². The molecule has 1 fully saturated rings. The van der Waals surface area contributed by atoms with E-state index in [1.54, 1.807) is 0 Å². The SMILES string of the molecule is CCCNC(C1CCSC1)C(C)(C)C. The highest BCUT2D eigenvalue weighted by atomic mass is 32.2. The van der Waals surface area contributed by atoms with Gasteiger partial charge in [0.1, 0.15) is 0 Å². The number of thioether (sulfide) groups is 1. The summed E-state index contributed by atoms with van der Waals surface area (Å²) in [6.07, 6.45) is 2.65. The van der Waals surface area contributed by atoms with Gasteiger partial charge in [-0.05, 0) is 42.2 Å². The third-order valence-corrected chi connectivity index (χ3v) is 4.17. The van der Waals surface area contributed by atoms with E-state index in [9.17, 15) is 0 Å². The predicted octanol–water partition coefficient (Wildman–Crippen LogP) is 3.15. The van der Waals surface area contributed by atoms with Crippen molar-refractivity contribution in [2.45, 2.75) is 46.6 Å². The third-order valence-electron chi connectivity index (χ3n) is 2.98. The summed E-state index contributed by atoms with van der Waals surface area (Å²) in [5.41, 5.74) is 0.407. The summed E-state index contributed by atoms with van der Waals surface area (Å²) in [6.45, 7) is 10.5. The van der Waals surface area contributed by atoms with Crippen molar-refractivity contribution in [3.63, 3.8) is 0 Å². The second-order valence-corrected chi connectivity index (χ2v) is 6.57. The van der Waals surface area contributed by atoms with E-state index in [-0.39, 0.29) is 0 Å². The molecule has 1 aliphatic heterocycles. The lowest BCUT2D eigenvalue weighted by molar-refractivity contribution is 0.205. The van der Waals surface area contributed by atoms with Gasteiger partial charge in [0, 0.05) is 6.04 Å². The molecule has 0 spiro atoms. The minimum Gasteiger partial charge on any atom is -0.313 e. The van der Waals surface area contributed by atoms with E-state index < -0.39 is 0 Å². The largest absolute Gasteiger partial charge is 0.313 e. The first kappa shape index (κ1) is 12.4. The molecule has 0 bridgehead atoms. The smallest absolute Gasteiger partial charge is 0.0152 e. The molecule has 0 saturated carbocycles. The van der Waals surface area contributed by atoms with Crippen LogP contribution in [-0.4, -0.2) is 24.1 Å². The molecule has 0 aromatic carbocycles. The molecular formula is C12H25NS. The summed E-state index contributed by atoms with van der Waals surface area (Å²) < 4.78 is 0. The first-order valence-electron chi connectivity index (χ1n) is 5.87.